The van der Waals surface area contributed by atoms with Crippen molar-refractivity contribution in [1.82, 2.24) is 0 Å². The van der Waals surface area contributed by atoms with Gasteiger partial charge in [0.2, 0.25) is 11.5 Å². The summed E-state index contributed by atoms with van der Waals surface area (Å²) in [5.41, 5.74) is 2.82. The van der Waals surface area contributed by atoms with Crippen LogP contribution in [-0.2, 0) is 20.8 Å². The fourth-order valence-electron chi connectivity index (χ4n) is 4.98. The zero-order valence-electron chi connectivity index (χ0n) is 25.2. The summed E-state index contributed by atoms with van der Waals surface area (Å²) in [4.78, 5) is 0. The lowest BCUT2D eigenvalue weighted by molar-refractivity contribution is -0.107. The molecule has 1 unspecified atom stereocenters. The molecule has 43 heavy (non-hydrogen) atoms. The van der Waals surface area contributed by atoms with E-state index in [9.17, 15) is 0 Å². The molecule has 2 saturated heterocycles. The number of hydrogen-bond donors (Lipinski definition) is 0. The average molecular weight is 593 g/mol. The van der Waals surface area contributed by atoms with Gasteiger partial charge in [0.15, 0.2) is 29.3 Å². The van der Waals surface area contributed by atoms with Crippen LogP contribution >= 0.6 is 0 Å². The van der Waals surface area contributed by atoms with Crippen LogP contribution in [0.15, 0.2) is 60.7 Å². The SMILES string of the molecule is COc1cc(C=CCO[C@@H](c2cc(OC)c(OC3CCCCO3)c(OC)c2)[C@@H]2CO2)cc(OC)c1OCc1ccccc1. The minimum Gasteiger partial charge on any atom is -0.493 e. The van der Waals surface area contributed by atoms with Gasteiger partial charge in [0, 0.05) is 6.42 Å². The van der Waals surface area contributed by atoms with E-state index in [-0.39, 0.29) is 18.5 Å². The van der Waals surface area contributed by atoms with E-state index >= 15 is 0 Å². The van der Waals surface area contributed by atoms with E-state index < -0.39 is 0 Å². The predicted molar refractivity (Wildman–Crippen MR) is 162 cm³/mol. The molecule has 9 heteroatoms. The van der Waals surface area contributed by atoms with E-state index in [1.165, 1.54) is 0 Å². The van der Waals surface area contributed by atoms with Crippen LogP contribution in [0.5, 0.6) is 34.5 Å². The molecule has 0 amide bonds. The number of methoxy groups -OCH3 is 4. The van der Waals surface area contributed by atoms with Crippen molar-refractivity contribution in [2.24, 2.45) is 0 Å². The van der Waals surface area contributed by atoms with Crippen molar-refractivity contribution in [3.05, 3.63) is 77.4 Å². The Bertz CT molecular complexity index is 1300. The normalized spacial score (nSPS) is 18.6. The fraction of sp³-hybridized carbons (Fsp3) is 0.412. The van der Waals surface area contributed by atoms with E-state index in [1.807, 2.05) is 66.7 Å². The highest BCUT2D eigenvalue weighted by Crippen LogP contribution is 2.44. The van der Waals surface area contributed by atoms with Crippen molar-refractivity contribution in [3.8, 4) is 34.5 Å². The second-order valence-corrected chi connectivity index (χ2v) is 10.2. The molecule has 230 valence electrons. The van der Waals surface area contributed by atoms with Gasteiger partial charge in [-0.05, 0) is 53.8 Å². The molecular formula is C34H40O9. The van der Waals surface area contributed by atoms with Gasteiger partial charge in [-0.15, -0.1) is 0 Å². The molecule has 2 fully saturated rings. The Labute approximate surface area is 253 Å². The highest BCUT2D eigenvalue weighted by molar-refractivity contribution is 5.62. The first-order valence-corrected chi connectivity index (χ1v) is 14.5. The third kappa shape index (κ3) is 7.93. The van der Waals surface area contributed by atoms with Crippen molar-refractivity contribution in [2.45, 2.75) is 44.4 Å². The van der Waals surface area contributed by atoms with Crippen LogP contribution in [0, 0.1) is 0 Å². The lowest BCUT2D eigenvalue weighted by atomic mass is 10.0. The Balaban J connectivity index is 1.27. The Morgan fingerprint density at radius 2 is 1.47 bits per heavy atom. The number of epoxide rings is 1. The summed E-state index contributed by atoms with van der Waals surface area (Å²) >= 11 is 0. The maximum absolute atomic E-state index is 6.31. The molecule has 0 aromatic heterocycles. The molecular weight excluding hydrogens is 552 g/mol. The summed E-state index contributed by atoms with van der Waals surface area (Å²) in [6.07, 6.45) is 6.12. The zero-order valence-corrected chi connectivity index (χ0v) is 25.2. The summed E-state index contributed by atoms with van der Waals surface area (Å²) in [5, 5.41) is 0. The van der Waals surface area contributed by atoms with Gasteiger partial charge in [-0.1, -0.05) is 42.5 Å². The molecule has 2 aliphatic rings. The van der Waals surface area contributed by atoms with Crippen molar-refractivity contribution in [3.63, 3.8) is 0 Å². The van der Waals surface area contributed by atoms with Crippen molar-refractivity contribution in [1.29, 1.82) is 0 Å². The highest BCUT2D eigenvalue weighted by Gasteiger charge is 2.36. The molecule has 9 nitrogen and oxygen atoms in total. The minimum atomic E-state index is -0.326. The summed E-state index contributed by atoms with van der Waals surface area (Å²) in [6.45, 7) is 2.05. The fourth-order valence-corrected chi connectivity index (χ4v) is 4.98. The summed E-state index contributed by atoms with van der Waals surface area (Å²) in [6, 6.07) is 17.6. The molecule has 3 aromatic rings. The van der Waals surface area contributed by atoms with Gasteiger partial charge in [-0.2, -0.15) is 0 Å². The van der Waals surface area contributed by atoms with E-state index in [2.05, 4.69) is 0 Å². The zero-order chi connectivity index (χ0) is 30.0. The number of hydrogen-bond acceptors (Lipinski definition) is 9. The Kier molecular flexibility index (Phi) is 10.7. The highest BCUT2D eigenvalue weighted by atomic mass is 16.7. The summed E-state index contributed by atoms with van der Waals surface area (Å²) < 4.78 is 52.6. The average Bonchev–Trinajstić information content (AvgIpc) is 3.90. The topological polar surface area (TPSA) is 86.4 Å². The van der Waals surface area contributed by atoms with Gasteiger partial charge in [0.25, 0.3) is 0 Å². The van der Waals surface area contributed by atoms with E-state index in [0.717, 1.165) is 36.0 Å². The molecule has 0 aliphatic carbocycles. The third-order valence-corrected chi connectivity index (χ3v) is 7.29. The maximum Gasteiger partial charge on any atom is 0.206 e. The lowest BCUT2D eigenvalue weighted by Crippen LogP contribution is -2.25. The largest absolute Gasteiger partial charge is 0.493 e. The van der Waals surface area contributed by atoms with Crippen LogP contribution in [0.2, 0.25) is 0 Å². The van der Waals surface area contributed by atoms with Gasteiger partial charge in [0.05, 0.1) is 48.3 Å². The first-order valence-electron chi connectivity index (χ1n) is 14.5. The smallest absolute Gasteiger partial charge is 0.206 e. The Morgan fingerprint density at radius 1 is 0.814 bits per heavy atom. The van der Waals surface area contributed by atoms with E-state index in [0.29, 0.717) is 60.9 Å². The van der Waals surface area contributed by atoms with Crippen LogP contribution in [-0.4, -0.2) is 60.7 Å². The van der Waals surface area contributed by atoms with Crippen LogP contribution in [0.25, 0.3) is 6.08 Å². The molecule has 3 aromatic carbocycles. The van der Waals surface area contributed by atoms with Crippen LogP contribution in [0.4, 0.5) is 0 Å². The van der Waals surface area contributed by atoms with Crippen molar-refractivity contribution >= 4 is 6.08 Å². The van der Waals surface area contributed by atoms with Gasteiger partial charge in [-0.3, -0.25) is 0 Å². The monoisotopic (exact) mass is 592 g/mol. The second-order valence-electron chi connectivity index (χ2n) is 10.2. The lowest BCUT2D eigenvalue weighted by Gasteiger charge is -2.26. The van der Waals surface area contributed by atoms with Gasteiger partial charge >= 0.3 is 0 Å². The molecule has 0 spiro atoms. The summed E-state index contributed by atoms with van der Waals surface area (Å²) in [5.74, 6) is 3.36. The molecule has 0 radical (unpaired) electrons. The van der Waals surface area contributed by atoms with Crippen molar-refractivity contribution < 1.29 is 42.6 Å². The maximum atomic E-state index is 6.31. The van der Waals surface area contributed by atoms with Gasteiger partial charge in [-0.25, -0.2) is 0 Å². The Hall–Kier alpha value is -3.92. The Morgan fingerprint density at radius 3 is 2.05 bits per heavy atom. The van der Waals surface area contributed by atoms with E-state index in [1.54, 1.807) is 28.4 Å². The standard InChI is InChI=1S/C34H40O9/c1-35-26-17-24(18-27(36-2)33(26)42-21-23-11-6-5-7-12-23)13-10-16-40-32(30-22-41-30)25-19-28(37-3)34(29(20-25)38-4)43-31-14-8-9-15-39-31/h5-7,10-13,17-20,30-32H,8-9,14-16,21-22H2,1-4H3/t30-,31?,32-/m0/s1. The first-order chi connectivity index (χ1) is 21.1. The molecule has 2 heterocycles. The molecule has 3 atom stereocenters. The van der Waals surface area contributed by atoms with Gasteiger partial charge < -0.3 is 42.6 Å². The molecule has 5 rings (SSSR count). The van der Waals surface area contributed by atoms with E-state index in [4.69, 9.17) is 42.6 Å². The quantitative estimate of drug-likeness (QED) is 0.187. The van der Waals surface area contributed by atoms with Crippen LogP contribution in [0.3, 0.4) is 0 Å². The molecule has 0 N–H and O–H groups in total. The van der Waals surface area contributed by atoms with Crippen LogP contribution < -0.4 is 28.4 Å². The molecule has 2 aliphatic heterocycles. The van der Waals surface area contributed by atoms with Gasteiger partial charge in [0.1, 0.15) is 18.8 Å². The summed E-state index contributed by atoms with van der Waals surface area (Å²) in [7, 11) is 6.45. The van der Waals surface area contributed by atoms with Crippen LogP contribution in [0.1, 0.15) is 42.1 Å². The number of benzene rings is 3. The molecule has 0 bridgehead atoms. The number of rotatable bonds is 15. The molecule has 0 saturated carbocycles. The third-order valence-electron chi connectivity index (χ3n) is 7.29. The second kappa shape index (κ2) is 15.0. The van der Waals surface area contributed by atoms with Crippen molar-refractivity contribution in [2.75, 3.05) is 48.3 Å². The number of ether oxygens (including phenoxy) is 9. The predicted octanol–water partition coefficient (Wildman–Crippen LogP) is 6.38. The first kappa shape index (κ1) is 30.5. The minimum absolute atomic E-state index is 0.0579.